The minimum absolute atomic E-state index is 0.0673. The third-order valence-electron chi connectivity index (χ3n) is 4.93. The zero-order valence-electron chi connectivity index (χ0n) is 10.6. The van der Waals surface area contributed by atoms with Gasteiger partial charge in [0.25, 0.3) is 0 Å². The summed E-state index contributed by atoms with van der Waals surface area (Å²) in [5.74, 6) is 2.57. The van der Waals surface area contributed by atoms with Crippen LogP contribution in [-0.2, 0) is 9.47 Å². The number of rotatable bonds is 4. The van der Waals surface area contributed by atoms with Gasteiger partial charge < -0.3 is 15.2 Å². The predicted molar refractivity (Wildman–Crippen MR) is 66.5 cm³/mol. The van der Waals surface area contributed by atoms with E-state index in [1.54, 1.807) is 0 Å². The van der Waals surface area contributed by atoms with Gasteiger partial charge in [0.1, 0.15) is 0 Å². The Labute approximate surface area is 104 Å². The Morgan fingerprint density at radius 3 is 2.76 bits per heavy atom. The predicted octanol–water partition coefficient (Wildman–Crippen LogP) is 2.29. The molecule has 2 bridgehead atoms. The Kier molecular flexibility index (Phi) is 3.69. The number of ether oxygens (including phenoxy) is 2. The molecule has 1 saturated heterocycles. The van der Waals surface area contributed by atoms with E-state index in [4.69, 9.17) is 15.2 Å². The molecule has 4 rings (SSSR count). The highest BCUT2D eigenvalue weighted by Crippen LogP contribution is 2.49. The minimum atomic E-state index is 0.0673. The van der Waals surface area contributed by atoms with Crippen molar-refractivity contribution in [3.63, 3.8) is 0 Å². The summed E-state index contributed by atoms with van der Waals surface area (Å²) in [6.45, 7) is 1.71. The van der Waals surface area contributed by atoms with E-state index in [9.17, 15) is 0 Å². The van der Waals surface area contributed by atoms with Gasteiger partial charge in [-0.25, -0.2) is 0 Å². The summed E-state index contributed by atoms with van der Waals surface area (Å²) in [5.41, 5.74) is 6.23. The Morgan fingerprint density at radius 1 is 1.18 bits per heavy atom. The number of nitrogens with two attached hydrogens (primary N) is 1. The highest BCUT2D eigenvalue weighted by molar-refractivity contribution is 4.96. The first-order valence-corrected chi connectivity index (χ1v) is 7.31. The van der Waals surface area contributed by atoms with Gasteiger partial charge in [-0.15, -0.1) is 0 Å². The SMILES string of the molecule is N[C@H]1CC2CC(C2)[C@@H]1CCOC1CCCCO1. The van der Waals surface area contributed by atoms with E-state index < -0.39 is 0 Å². The van der Waals surface area contributed by atoms with Crippen LogP contribution >= 0.6 is 0 Å². The first-order chi connectivity index (χ1) is 8.33. The lowest BCUT2D eigenvalue weighted by atomic mass is 9.57. The average Bonchev–Trinajstić information content (AvgIpc) is 2.31. The third kappa shape index (κ3) is 2.67. The van der Waals surface area contributed by atoms with Crippen LogP contribution in [0.25, 0.3) is 0 Å². The van der Waals surface area contributed by atoms with E-state index in [0.717, 1.165) is 37.9 Å². The third-order valence-corrected chi connectivity index (χ3v) is 4.93. The van der Waals surface area contributed by atoms with E-state index in [0.29, 0.717) is 12.0 Å². The summed E-state index contributed by atoms with van der Waals surface area (Å²) < 4.78 is 11.4. The van der Waals surface area contributed by atoms with Crippen LogP contribution in [-0.4, -0.2) is 25.5 Å². The van der Waals surface area contributed by atoms with E-state index in [1.807, 2.05) is 0 Å². The van der Waals surface area contributed by atoms with Crippen LogP contribution in [0.3, 0.4) is 0 Å². The molecule has 3 atom stereocenters. The quantitative estimate of drug-likeness (QED) is 0.818. The van der Waals surface area contributed by atoms with Crippen molar-refractivity contribution in [2.75, 3.05) is 13.2 Å². The Balaban J connectivity index is 1.38. The molecule has 98 valence electrons. The molecular weight excluding hydrogens is 214 g/mol. The fourth-order valence-corrected chi connectivity index (χ4v) is 3.87. The fourth-order valence-electron chi connectivity index (χ4n) is 3.87. The van der Waals surface area contributed by atoms with Gasteiger partial charge in [-0.3, -0.25) is 0 Å². The number of hydrogen-bond donors (Lipinski definition) is 1. The van der Waals surface area contributed by atoms with Crippen molar-refractivity contribution in [3.8, 4) is 0 Å². The lowest BCUT2D eigenvalue weighted by Crippen LogP contribution is -2.49. The van der Waals surface area contributed by atoms with Crippen molar-refractivity contribution in [1.29, 1.82) is 0 Å². The maximum atomic E-state index is 6.23. The molecule has 2 N–H and O–H groups in total. The zero-order chi connectivity index (χ0) is 11.7. The largest absolute Gasteiger partial charge is 0.353 e. The first-order valence-electron chi connectivity index (χ1n) is 7.31. The van der Waals surface area contributed by atoms with E-state index in [1.165, 1.54) is 32.1 Å². The molecule has 0 radical (unpaired) electrons. The van der Waals surface area contributed by atoms with Crippen molar-refractivity contribution >= 4 is 0 Å². The Morgan fingerprint density at radius 2 is 2.06 bits per heavy atom. The summed E-state index contributed by atoms with van der Waals surface area (Å²) in [7, 11) is 0. The first kappa shape index (κ1) is 11.9. The van der Waals surface area contributed by atoms with E-state index in [2.05, 4.69) is 0 Å². The van der Waals surface area contributed by atoms with Crippen molar-refractivity contribution in [3.05, 3.63) is 0 Å². The zero-order valence-corrected chi connectivity index (χ0v) is 10.6. The summed E-state index contributed by atoms with van der Waals surface area (Å²) in [6.07, 6.45) is 8.82. The Bertz CT molecular complexity index is 245. The summed E-state index contributed by atoms with van der Waals surface area (Å²) >= 11 is 0. The molecule has 0 aromatic carbocycles. The molecule has 4 aliphatic rings. The van der Waals surface area contributed by atoms with Gasteiger partial charge in [-0.2, -0.15) is 0 Å². The molecule has 0 aromatic heterocycles. The number of hydrogen-bond acceptors (Lipinski definition) is 3. The minimum Gasteiger partial charge on any atom is -0.353 e. The van der Waals surface area contributed by atoms with Crippen molar-refractivity contribution < 1.29 is 9.47 Å². The fraction of sp³-hybridized carbons (Fsp3) is 1.00. The van der Waals surface area contributed by atoms with Crippen molar-refractivity contribution in [2.24, 2.45) is 23.5 Å². The molecule has 4 fully saturated rings. The highest BCUT2D eigenvalue weighted by Gasteiger charge is 2.43. The summed E-state index contributed by atoms with van der Waals surface area (Å²) in [4.78, 5) is 0. The van der Waals surface area contributed by atoms with Crippen molar-refractivity contribution in [1.82, 2.24) is 0 Å². The molecule has 3 saturated carbocycles. The molecule has 3 aliphatic carbocycles. The molecule has 1 heterocycles. The van der Waals surface area contributed by atoms with Crippen LogP contribution in [0.2, 0.25) is 0 Å². The second-order valence-electron chi connectivity index (χ2n) is 6.12. The monoisotopic (exact) mass is 239 g/mol. The highest BCUT2D eigenvalue weighted by atomic mass is 16.7. The Hall–Kier alpha value is -0.120. The standard InChI is InChI=1S/C14H25NO2/c15-13-9-10-7-11(8-10)12(13)4-6-17-14-3-1-2-5-16-14/h10-14H,1-9,15H2/t10?,11?,12-,13-,14?/m0/s1. The average molecular weight is 239 g/mol. The smallest absolute Gasteiger partial charge is 0.157 e. The molecular formula is C14H25NO2. The van der Waals surface area contributed by atoms with Gasteiger partial charge in [-0.05, 0) is 62.7 Å². The topological polar surface area (TPSA) is 44.5 Å². The van der Waals surface area contributed by atoms with Gasteiger partial charge in [0.15, 0.2) is 6.29 Å². The van der Waals surface area contributed by atoms with Gasteiger partial charge in [0, 0.05) is 12.6 Å². The second kappa shape index (κ2) is 5.25. The molecule has 0 spiro atoms. The van der Waals surface area contributed by atoms with E-state index in [-0.39, 0.29) is 6.29 Å². The van der Waals surface area contributed by atoms with Gasteiger partial charge in [0.2, 0.25) is 0 Å². The van der Waals surface area contributed by atoms with Crippen LogP contribution in [0, 0.1) is 17.8 Å². The molecule has 0 amide bonds. The normalized spacial score (nSPS) is 45.4. The van der Waals surface area contributed by atoms with Crippen LogP contribution in [0.15, 0.2) is 0 Å². The molecule has 0 aromatic rings. The van der Waals surface area contributed by atoms with Crippen LogP contribution in [0.1, 0.15) is 44.9 Å². The molecule has 3 nitrogen and oxygen atoms in total. The van der Waals surface area contributed by atoms with Gasteiger partial charge >= 0.3 is 0 Å². The van der Waals surface area contributed by atoms with Crippen LogP contribution in [0.4, 0.5) is 0 Å². The van der Waals surface area contributed by atoms with Gasteiger partial charge in [0.05, 0.1) is 6.61 Å². The van der Waals surface area contributed by atoms with Crippen molar-refractivity contribution in [2.45, 2.75) is 57.3 Å². The van der Waals surface area contributed by atoms with E-state index >= 15 is 0 Å². The molecule has 3 heteroatoms. The van der Waals surface area contributed by atoms with Crippen LogP contribution < -0.4 is 5.73 Å². The van der Waals surface area contributed by atoms with Crippen LogP contribution in [0.5, 0.6) is 0 Å². The number of fused-ring (bicyclic) bond motifs is 2. The van der Waals surface area contributed by atoms with Gasteiger partial charge in [-0.1, -0.05) is 0 Å². The maximum absolute atomic E-state index is 6.23. The summed E-state index contributed by atoms with van der Waals surface area (Å²) in [6, 6.07) is 0.434. The second-order valence-corrected chi connectivity index (χ2v) is 6.12. The molecule has 17 heavy (non-hydrogen) atoms. The summed E-state index contributed by atoms with van der Waals surface area (Å²) in [5, 5.41) is 0. The molecule has 1 aliphatic heterocycles. The maximum Gasteiger partial charge on any atom is 0.157 e. The molecule has 1 unspecified atom stereocenters. The lowest BCUT2D eigenvalue weighted by Gasteiger charge is -2.50. The lowest BCUT2D eigenvalue weighted by molar-refractivity contribution is -0.166.